The molecule has 0 unspecified atom stereocenters. The Morgan fingerprint density at radius 2 is 1.57 bits per heavy atom. The molecular formula is C22H20BrNO4. The number of halogens is 1. The van der Waals surface area contributed by atoms with E-state index in [0.717, 1.165) is 15.6 Å². The fraction of sp³-hybridized carbons (Fsp3) is 0.136. The number of hydrogen-bond donors (Lipinski definition) is 1. The van der Waals surface area contributed by atoms with E-state index in [1.165, 1.54) is 6.21 Å². The van der Waals surface area contributed by atoms with E-state index in [4.69, 9.17) is 19.4 Å². The highest BCUT2D eigenvalue weighted by molar-refractivity contribution is 9.10. The van der Waals surface area contributed by atoms with Gasteiger partial charge in [-0.2, -0.15) is 0 Å². The summed E-state index contributed by atoms with van der Waals surface area (Å²) in [5, 5.41) is 11.9. The number of rotatable bonds is 8. The van der Waals surface area contributed by atoms with Crippen LogP contribution in [0.1, 0.15) is 16.7 Å². The smallest absolute Gasteiger partial charge is 0.161 e. The third-order valence-electron chi connectivity index (χ3n) is 4.03. The summed E-state index contributed by atoms with van der Waals surface area (Å²) in [7, 11) is 1.61. The summed E-state index contributed by atoms with van der Waals surface area (Å²) < 4.78 is 18.1. The first-order valence-electron chi connectivity index (χ1n) is 8.63. The fourth-order valence-electron chi connectivity index (χ4n) is 2.63. The fourth-order valence-corrected chi connectivity index (χ4v) is 3.01. The van der Waals surface area contributed by atoms with Crippen LogP contribution in [0.4, 0.5) is 0 Å². The van der Waals surface area contributed by atoms with Crippen molar-refractivity contribution >= 4 is 22.1 Å². The highest BCUT2D eigenvalue weighted by atomic mass is 79.9. The van der Waals surface area contributed by atoms with E-state index in [1.54, 1.807) is 7.11 Å². The molecular weight excluding hydrogens is 422 g/mol. The molecule has 0 aliphatic heterocycles. The largest absolute Gasteiger partial charge is 0.493 e. The van der Waals surface area contributed by atoms with Crippen LogP contribution in [-0.2, 0) is 13.2 Å². The van der Waals surface area contributed by atoms with Crippen molar-refractivity contribution in [3.05, 3.63) is 87.9 Å². The van der Waals surface area contributed by atoms with Crippen molar-refractivity contribution in [3.8, 4) is 17.2 Å². The van der Waals surface area contributed by atoms with E-state index in [9.17, 15) is 0 Å². The van der Waals surface area contributed by atoms with Gasteiger partial charge in [-0.1, -0.05) is 57.5 Å². The van der Waals surface area contributed by atoms with E-state index in [1.807, 2.05) is 66.7 Å². The van der Waals surface area contributed by atoms with Crippen molar-refractivity contribution in [3.63, 3.8) is 0 Å². The molecule has 3 rings (SSSR count). The Balaban J connectivity index is 1.68. The molecule has 1 N–H and O–H groups in total. The Labute approximate surface area is 172 Å². The zero-order chi connectivity index (χ0) is 19.8. The summed E-state index contributed by atoms with van der Waals surface area (Å²) in [6.45, 7) is 0.805. The van der Waals surface area contributed by atoms with E-state index >= 15 is 0 Å². The molecule has 0 spiro atoms. The van der Waals surface area contributed by atoms with Crippen LogP contribution in [0.25, 0.3) is 0 Å². The van der Waals surface area contributed by atoms with Crippen LogP contribution >= 0.6 is 15.9 Å². The molecule has 0 aliphatic carbocycles. The van der Waals surface area contributed by atoms with Crippen LogP contribution in [0.3, 0.4) is 0 Å². The zero-order valence-electron chi connectivity index (χ0n) is 15.3. The van der Waals surface area contributed by atoms with Gasteiger partial charge in [0, 0.05) is 10.0 Å². The summed E-state index contributed by atoms with van der Waals surface area (Å²) in [4.78, 5) is 0. The minimum atomic E-state index is 0.337. The van der Waals surface area contributed by atoms with Gasteiger partial charge in [0.1, 0.15) is 19.0 Å². The monoisotopic (exact) mass is 441 g/mol. The molecule has 28 heavy (non-hydrogen) atoms. The van der Waals surface area contributed by atoms with Gasteiger partial charge in [-0.3, -0.25) is 0 Å². The van der Waals surface area contributed by atoms with Crippen molar-refractivity contribution in [2.45, 2.75) is 13.2 Å². The third-order valence-corrected chi connectivity index (χ3v) is 4.52. The second kappa shape index (κ2) is 9.80. The van der Waals surface area contributed by atoms with Crippen molar-refractivity contribution < 1.29 is 19.4 Å². The maximum absolute atomic E-state index is 8.82. The van der Waals surface area contributed by atoms with Gasteiger partial charge >= 0.3 is 0 Å². The Morgan fingerprint density at radius 3 is 2.32 bits per heavy atom. The van der Waals surface area contributed by atoms with Gasteiger partial charge in [0.2, 0.25) is 0 Å². The summed E-state index contributed by atoms with van der Waals surface area (Å²) in [6, 6.07) is 21.2. The Hall–Kier alpha value is -2.99. The second-order valence-electron chi connectivity index (χ2n) is 5.97. The lowest BCUT2D eigenvalue weighted by Crippen LogP contribution is -2.01. The molecule has 0 heterocycles. The number of hydrogen-bond acceptors (Lipinski definition) is 5. The van der Waals surface area contributed by atoms with Gasteiger partial charge in [-0.25, -0.2) is 0 Å². The molecule has 144 valence electrons. The summed E-state index contributed by atoms with van der Waals surface area (Å²) in [6.07, 6.45) is 1.33. The first-order chi connectivity index (χ1) is 13.7. The third kappa shape index (κ3) is 5.27. The molecule has 5 nitrogen and oxygen atoms in total. The average Bonchev–Trinajstić information content (AvgIpc) is 2.73. The Kier molecular flexibility index (Phi) is 6.92. The topological polar surface area (TPSA) is 60.3 Å². The van der Waals surface area contributed by atoms with Gasteiger partial charge in [0.25, 0.3) is 0 Å². The first-order valence-corrected chi connectivity index (χ1v) is 9.42. The molecule has 3 aromatic carbocycles. The van der Waals surface area contributed by atoms with Crippen molar-refractivity contribution in [2.24, 2.45) is 5.16 Å². The highest BCUT2D eigenvalue weighted by Gasteiger charge is 2.08. The molecule has 6 heteroatoms. The van der Waals surface area contributed by atoms with Crippen LogP contribution in [0.2, 0.25) is 0 Å². The summed E-state index contributed by atoms with van der Waals surface area (Å²) in [5.41, 5.74) is 2.69. The Morgan fingerprint density at radius 1 is 0.857 bits per heavy atom. The predicted molar refractivity (Wildman–Crippen MR) is 112 cm³/mol. The van der Waals surface area contributed by atoms with Crippen molar-refractivity contribution in [1.29, 1.82) is 0 Å². The number of benzene rings is 3. The maximum atomic E-state index is 8.82. The maximum Gasteiger partial charge on any atom is 0.161 e. The van der Waals surface area contributed by atoms with Crippen LogP contribution < -0.4 is 14.2 Å². The number of nitrogens with zero attached hydrogens (tertiary/aromatic N) is 1. The molecule has 0 aliphatic rings. The van der Waals surface area contributed by atoms with Gasteiger partial charge in [0.05, 0.1) is 13.3 Å². The minimum Gasteiger partial charge on any atom is -0.493 e. The highest BCUT2D eigenvalue weighted by Crippen LogP contribution is 2.30. The van der Waals surface area contributed by atoms with E-state index in [2.05, 4.69) is 21.1 Å². The standard InChI is InChI=1S/C22H20BrNO4/c1-26-22-11-17(7-9-21(22)28-14-16-5-3-2-4-6-16)15-27-20-10-8-19(23)12-18(20)13-24-25/h2-13,25H,14-15H2,1H3/b24-13+. The lowest BCUT2D eigenvalue weighted by atomic mass is 10.2. The minimum absolute atomic E-state index is 0.337. The van der Waals surface area contributed by atoms with Gasteiger partial charge in [-0.05, 0) is 41.5 Å². The Bertz CT molecular complexity index is 945. The quantitative estimate of drug-likeness (QED) is 0.287. The molecule has 0 bridgehead atoms. The van der Waals surface area contributed by atoms with E-state index in [-0.39, 0.29) is 0 Å². The van der Waals surface area contributed by atoms with Crippen LogP contribution in [0.15, 0.2) is 76.4 Å². The SMILES string of the molecule is COc1cc(COc2ccc(Br)cc2/C=N/O)ccc1OCc1ccccc1. The predicted octanol–water partition coefficient (Wildman–Crippen LogP) is 5.42. The molecule has 0 aromatic heterocycles. The lowest BCUT2D eigenvalue weighted by Gasteiger charge is -2.13. The van der Waals surface area contributed by atoms with Crippen molar-refractivity contribution in [2.75, 3.05) is 7.11 Å². The van der Waals surface area contributed by atoms with Crippen LogP contribution in [0, 0.1) is 0 Å². The molecule has 3 aromatic rings. The average molecular weight is 442 g/mol. The molecule has 0 atom stereocenters. The van der Waals surface area contributed by atoms with Gasteiger partial charge in [-0.15, -0.1) is 0 Å². The number of ether oxygens (including phenoxy) is 3. The number of oxime groups is 1. The van der Waals surface area contributed by atoms with Crippen LogP contribution in [0.5, 0.6) is 17.2 Å². The second-order valence-corrected chi connectivity index (χ2v) is 6.89. The molecule has 0 radical (unpaired) electrons. The molecule has 0 fully saturated rings. The van der Waals surface area contributed by atoms with Gasteiger partial charge < -0.3 is 19.4 Å². The summed E-state index contributed by atoms with van der Waals surface area (Å²) in [5.74, 6) is 1.93. The van der Waals surface area contributed by atoms with Gasteiger partial charge in [0.15, 0.2) is 11.5 Å². The van der Waals surface area contributed by atoms with E-state index < -0.39 is 0 Å². The zero-order valence-corrected chi connectivity index (χ0v) is 16.9. The van der Waals surface area contributed by atoms with Crippen molar-refractivity contribution in [1.82, 2.24) is 0 Å². The summed E-state index contributed by atoms with van der Waals surface area (Å²) >= 11 is 3.39. The normalized spacial score (nSPS) is 10.8. The lowest BCUT2D eigenvalue weighted by molar-refractivity contribution is 0.281. The molecule has 0 saturated carbocycles. The van der Waals surface area contributed by atoms with E-state index in [0.29, 0.717) is 36.0 Å². The first kappa shape index (κ1) is 19.8. The number of methoxy groups -OCH3 is 1. The molecule has 0 saturated heterocycles. The van der Waals surface area contributed by atoms with Crippen LogP contribution in [-0.4, -0.2) is 18.5 Å². The molecule has 0 amide bonds.